The number of amides is 1. The van der Waals surface area contributed by atoms with Gasteiger partial charge in [-0.15, -0.1) is 0 Å². The number of methoxy groups -OCH3 is 1. The van der Waals surface area contributed by atoms with Crippen molar-refractivity contribution >= 4 is 12.1 Å². The Morgan fingerprint density at radius 1 is 1.12 bits per heavy atom. The molecule has 0 rings (SSSR count). The minimum atomic E-state index is -0.535. The van der Waals surface area contributed by atoms with Gasteiger partial charge in [0.25, 0.3) is 0 Å². The van der Waals surface area contributed by atoms with Gasteiger partial charge >= 0.3 is 12.1 Å². The summed E-state index contributed by atoms with van der Waals surface area (Å²) in [5, 5.41) is 0. The van der Waals surface area contributed by atoms with E-state index < -0.39 is 12.1 Å². The van der Waals surface area contributed by atoms with Crippen LogP contribution in [-0.4, -0.2) is 57.0 Å². The van der Waals surface area contributed by atoms with Crippen molar-refractivity contribution in [2.45, 2.75) is 13.8 Å². The van der Waals surface area contributed by atoms with Gasteiger partial charge in [-0.3, -0.25) is 9.69 Å². The van der Waals surface area contributed by atoms with E-state index in [1.165, 1.54) is 12.0 Å². The Morgan fingerprint density at radius 3 is 2.31 bits per heavy atom. The van der Waals surface area contributed by atoms with E-state index in [9.17, 15) is 9.59 Å². The van der Waals surface area contributed by atoms with Crippen molar-refractivity contribution in [2.75, 3.05) is 40.0 Å². The molecule has 0 unspecified atom stereocenters. The van der Waals surface area contributed by atoms with Gasteiger partial charge in [-0.05, 0) is 13.8 Å². The summed E-state index contributed by atoms with van der Waals surface area (Å²) in [5.41, 5.74) is 0. The second-order valence-corrected chi connectivity index (χ2v) is 2.93. The van der Waals surface area contributed by atoms with Crippen molar-refractivity contribution in [3.8, 4) is 0 Å². The predicted molar refractivity (Wildman–Crippen MR) is 57.1 cm³/mol. The van der Waals surface area contributed by atoms with Crippen LogP contribution in [-0.2, 0) is 19.0 Å². The van der Waals surface area contributed by atoms with Gasteiger partial charge in [-0.25, -0.2) is 4.79 Å². The Morgan fingerprint density at radius 2 is 1.81 bits per heavy atom. The lowest BCUT2D eigenvalue weighted by Gasteiger charge is -2.18. The van der Waals surface area contributed by atoms with Gasteiger partial charge < -0.3 is 14.2 Å². The molecule has 0 atom stereocenters. The Hall–Kier alpha value is -1.30. The third-order valence-electron chi connectivity index (χ3n) is 1.78. The van der Waals surface area contributed by atoms with Gasteiger partial charge in [0.05, 0.1) is 13.2 Å². The number of rotatable bonds is 7. The van der Waals surface area contributed by atoms with Crippen LogP contribution in [0.4, 0.5) is 4.79 Å². The van der Waals surface area contributed by atoms with E-state index in [0.717, 1.165) is 0 Å². The molecule has 0 aromatic rings. The van der Waals surface area contributed by atoms with Crippen molar-refractivity contribution in [2.24, 2.45) is 0 Å². The summed E-state index contributed by atoms with van der Waals surface area (Å²) in [6, 6.07) is 0. The minimum Gasteiger partial charge on any atom is -0.465 e. The molecule has 0 aliphatic heterocycles. The van der Waals surface area contributed by atoms with Crippen molar-refractivity contribution in [3.63, 3.8) is 0 Å². The molecule has 1 amide bonds. The Labute approximate surface area is 95.4 Å². The normalized spacial score (nSPS) is 9.69. The standard InChI is InChI=1S/C10H19NO5/c1-4-11(8-9(12)15-5-2)10(13)16-7-6-14-3/h4-8H2,1-3H3. The molecule has 94 valence electrons. The first-order valence-corrected chi connectivity index (χ1v) is 5.21. The highest BCUT2D eigenvalue weighted by Gasteiger charge is 2.17. The van der Waals surface area contributed by atoms with Gasteiger partial charge in [-0.1, -0.05) is 0 Å². The summed E-state index contributed by atoms with van der Waals surface area (Å²) < 4.78 is 14.3. The number of carbonyl (C=O) groups is 2. The number of hydrogen-bond acceptors (Lipinski definition) is 5. The average molecular weight is 233 g/mol. The maximum Gasteiger partial charge on any atom is 0.410 e. The molecule has 0 N–H and O–H groups in total. The van der Waals surface area contributed by atoms with Crippen LogP contribution >= 0.6 is 0 Å². The topological polar surface area (TPSA) is 65.1 Å². The molecule has 0 aliphatic rings. The fourth-order valence-corrected chi connectivity index (χ4v) is 0.972. The summed E-state index contributed by atoms with van der Waals surface area (Å²) in [4.78, 5) is 23.9. The molecule has 0 aromatic heterocycles. The number of nitrogens with zero attached hydrogens (tertiary/aromatic N) is 1. The summed E-state index contributed by atoms with van der Waals surface area (Å²) in [5.74, 6) is -0.437. The maximum atomic E-state index is 11.4. The number of hydrogen-bond donors (Lipinski definition) is 0. The zero-order chi connectivity index (χ0) is 12.4. The van der Waals surface area contributed by atoms with E-state index in [1.54, 1.807) is 13.8 Å². The van der Waals surface area contributed by atoms with Crippen molar-refractivity contribution in [1.29, 1.82) is 0 Å². The maximum absolute atomic E-state index is 11.4. The van der Waals surface area contributed by atoms with Crippen LogP contribution in [0.2, 0.25) is 0 Å². The van der Waals surface area contributed by atoms with Crippen molar-refractivity contribution < 1.29 is 23.8 Å². The van der Waals surface area contributed by atoms with Crippen LogP contribution in [0.1, 0.15) is 13.8 Å². The quantitative estimate of drug-likeness (QED) is 0.477. The molecular formula is C10H19NO5. The molecule has 6 heteroatoms. The molecule has 0 aromatic carbocycles. The second-order valence-electron chi connectivity index (χ2n) is 2.93. The van der Waals surface area contributed by atoms with Crippen molar-refractivity contribution in [3.05, 3.63) is 0 Å². The zero-order valence-electron chi connectivity index (χ0n) is 10.0. The molecule has 0 spiro atoms. The summed E-state index contributed by atoms with van der Waals surface area (Å²) in [7, 11) is 1.52. The fourth-order valence-electron chi connectivity index (χ4n) is 0.972. The van der Waals surface area contributed by atoms with Gasteiger partial charge in [0.1, 0.15) is 13.2 Å². The SMILES string of the molecule is CCOC(=O)CN(CC)C(=O)OCCOC. The minimum absolute atomic E-state index is 0.0871. The molecule has 6 nitrogen and oxygen atoms in total. The van der Waals surface area contributed by atoms with Crippen LogP contribution in [0.15, 0.2) is 0 Å². The Balaban J connectivity index is 3.96. The molecule has 0 saturated carbocycles. The molecule has 0 heterocycles. The first-order valence-electron chi connectivity index (χ1n) is 5.21. The third kappa shape index (κ3) is 6.23. The lowest BCUT2D eigenvalue weighted by atomic mass is 10.5. The molecular weight excluding hydrogens is 214 g/mol. The summed E-state index contributed by atoms with van der Waals surface area (Å²) in [6.07, 6.45) is -0.535. The highest BCUT2D eigenvalue weighted by atomic mass is 16.6. The Kier molecular flexibility index (Phi) is 8.24. The van der Waals surface area contributed by atoms with E-state index in [2.05, 4.69) is 0 Å². The lowest BCUT2D eigenvalue weighted by molar-refractivity contribution is -0.144. The first-order chi connectivity index (χ1) is 7.65. The average Bonchev–Trinajstić information content (AvgIpc) is 2.26. The third-order valence-corrected chi connectivity index (χ3v) is 1.78. The molecule has 0 aliphatic carbocycles. The fraction of sp³-hybridized carbons (Fsp3) is 0.800. The molecule has 0 saturated heterocycles. The summed E-state index contributed by atoms with van der Waals surface area (Å²) >= 11 is 0. The largest absolute Gasteiger partial charge is 0.465 e. The lowest BCUT2D eigenvalue weighted by Crippen LogP contribution is -2.37. The second kappa shape index (κ2) is 8.96. The Bertz CT molecular complexity index is 219. The van der Waals surface area contributed by atoms with Crippen LogP contribution in [0.25, 0.3) is 0 Å². The molecule has 0 fully saturated rings. The van der Waals surface area contributed by atoms with Crippen molar-refractivity contribution in [1.82, 2.24) is 4.90 Å². The van der Waals surface area contributed by atoms with E-state index in [0.29, 0.717) is 19.8 Å². The molecule has 0 bridgehead atoms. The van der Waals surface area contributed by atoms with Crippen LogP contribution in [0.5, 0.6) is 0 Å². The number of esters is 1. The smallest absolute Gasteiger partial charge is 0.410 e. The molecule has 16 heavy (non-hydrogen) atoms. The highest BCUT2D eigenvalue weighted by molar-refractivity contribution is 5.78. The van der Waals surface area contributed by atoms with Gasteiger partial charge in [-0.2, -0.15) is 0 Å². The van der Waals surface area contributed by atoms with Gasteiger partial charge in [0.2, 0.25) is 0 Å². The summed E-state index contributed by atoms with van der Waals surface area (Å²) in [6.45, 7) is 4.59. The van der Waals surface area contributed by atoms with Gasteiger partial charge in [0.15, 0.2) is 0 Å². The monoisotopic (exact) mass is 233 g/mol. The van der Waals surface area contributed by atoms with E-state index in [4.69, 9.17) is 14.2 Å². The number of likely N-dealkylation sites (N-methyl/N-ethyl adjacent to an activating group) is 1. The molecule has 0 radical (unpaired) electrons. The highest BCUT2D eigenvalue weighted by Crippen LogP contribution is 1.95. The number of carbonyl (C=O) groups excluding carboxylic acids is 2. The van der Waals surface area contributed by atoms with E-state index in [-0.39, 0.29) is 13.2 Å². The predicted octanol–water partition coefficient (Wildman–Crippen LogP) is 0.654. The van der Waals surface area contributed by atoms with E-state index in [1.807, 2.05) is 0 Å². The van der Waals surface area contributed by atoms with Gasteiger partial charge in [0, 0.05) is 13.7 Å². The van der Waals surface area contributed by atoms with Crippen LogP contribution < -0.4 is 0 Å². The zero-order valence-corrected chi connectivity index (χ0v) is 10.0. The van der Waals surface area contributed by atoms with E-state index >= 15 is 0 Å². The first kappa shape index (κ1) is 14.7. The number of ether oxygens (including phenoxy) is 3. The van der Waals surface area contributed by atoms with Crippen LogP contribution in [0, 0.1) is 0 Å². The van der Waals surface area contributed by atoms with Crippen LogP contribution in [0.3, 0.4) is 0 Å².